The van der Waals surface area contributed by atoms with Gasteiger partial charge in [0.25, 0.3) is 0 Å². The maximum Gasteiger partial charge on any atom is 0.180 e. The molecule has 3 aromatic heterocycles. The molecule has 3 heterocycles. The van der Waals surface area contributed by atoms with Gasteiger partial charge in [-0.3, -0.25) is 4.98 Å². The highest BCUT2D eigenvalue weighted by Gasteiger charge is 2.08. The first-order valence-electron chi connectivity index (χ1n) is 7.00. The van der Waals surface area contributed by atoms with E-state index in [9.17, 15) is 0 Å². The molecule has 0 fully saturated rings. The summed E-state index contributed by atoms with van der Waals surface area (Å²) in [5, 5.41) is 6.56. The topological polar surface area (TPSA) is 67.1 Å². The highest BCUT2D eigenvalue weighted by atomic mass is 15.1. The molecule has 0 bridgehead atoms. The van der Waals surface area contributed by atoms with Crippen LogP contribution in [0.15, 0.2) is 36.9 Å². The van der Waals surface area contributed by atoms with E-state index in [1.165, 1.54) is 0 Å². The molecular formula is C15H18N6. The van der Waals surface area contributed by atoms with Crippen LogP contribution in [0.25, 0.3) is 5.65 Å². The molecule has 2 N–H and O–H groups in total. The molecule has 0 saturated heterocycles. The molecule has 6 heteroatoms. The summed E-state index contributed by atoms with van der Waals surface area (Å²) in [6.45, 7) is 5.55. The predicted molar refractivity (Wildman–Crippen MR) is 83.5 cm³/mol. The number of nitrogens with one attached hydrogen (secondary N) is 2. The molecule has 6 nitrogen and oxygen atoms in total. The first kappa shape index (κ1) is 13.4. The van der Waals surface area contributed by atoms with Crippen LogP contribution in [0.3, 0.4) is 0 Å². The Morgan fingerprint density at radius 1 is 1.19 bits per heavy atom. The molecule has 3 rings (SSSR count). The SMILES string of the molecule is CCNc1cn2ccnc2c(NCc2ncccc2C)n1. The highest BCUT2D eigenvalue weighted by molar-refractivity contribution is 5.65. The Balaban J connectivity index is 1.89. The normalized spacial score (nSPS) is 10.8. The molecule has 0 aliphatic heterocycles. The van der Waals surface area contributed by atoms with Crippen molar-refractivity contribution in [3.8, 4) is 0 Å². The Kier molecular flexibility index (Phi) is 3.68. The fraction of sp³-hybridized carbons (Fsp3) is 0.267. The van der Waals surface area contributed by atoms with Gasteiger partial charge in [-0.15, -0.1) is 0 Å². The summed E-state index contributed by atoms with van der Waals surface area (Å²) in [4.78, 5) is 13.3. The third-order valence-electron chi connectivity index (χ3n) is 3.27. The van der Waals surface area contributed by atoms with Crippen LogP contribution in [-0.2, 0) is 6.54 Å². The van der Waals surface area contributed by atoms with Crippen LogP contribution in [0, 0.1) is 6.92 Å². The van der Waals surface area contributed by atoms with Crippen molar-refractivity contribution < 1.29 is 0 Å². The molecule has 0 aliphatic rings. The number of anilines is 2. The summed E-state index contributed by atoms with van der Waals surface area (Å²) in [7, 11) is 0. The Bertz CT molecular complexity index is 749. The number of imidazole rings is 1. The van der Waals surface area contributed by atoms with Gasteiger partial charge in [-0.1, -0.05) is 6.07 Å². The van der Waals surface area contributed by atoms with E-state index in [0.29, 0.717) is 6.54 Å². The maximum absolute atomic E-state index is 4.57. The number of pyridine rings is 1. The molecule has 0 aromatic carbocycles. The lowest BCUT2D eigenvalue weighted by Crippen LogP contribution is -2.09. The zero-order chi connectivity index (χ0) is 14.7. The number of nitrogens with zero attached hydrogens (tertiary/aromatic N) is 4. The van der Waals surface area contributed by atoms with Gasteiger partial charge in [0.2, 0.25) is 0 Å². The molecule has 0 unspecified atom stereocenters. The van der Waals surface area contributed by atoms with E-state index in [2.05, 4.69) is 38.6 Å². The van der Waals surface area contributed by atoms with Gasteiger partial charge in [-0.25, -0.2) is 9.97 Å². The average molecular weight is 282 g/mol. The van der Waals surface area contributed by atoms with Gasteiger partial charge in [-0.2, -0.15) is 0 Å². The minimum atomic E-state index is 0.623. The van der Waals surface area contributed by atoms with Crippen LogP contribution >= 0.6 is 0 Å². The molecule has 3 aromatic rings. The number of aromatic nitrogens is 4. The second kappa shape index (κ2) is 5.78. The zero-order valence-electron chi connectivity index (χ0n) is 12.2. The lowest BCUT2D eigenvalue weighted by molar-refractivity contribution is 0.994. The summed E-state index contributed by atoms with van der Waals surface area (Å²) in [5.41, 5.74) is 2.98. The molecule has 0 saturated carbocycles. The Hall–Kier alpha value is -2.63. The lowest BCUT2D eigenvalue weighted by Gasteiger charge is -2.11. The first-order chi connectivity index (χ1) is 10.3. The van der Waals surface area contributed by atoms with Gasteiger partial charge < -0.3 is 15.0 Å². The lowest BCUT2D eigenvalue weighted by atomic mass is 10.2. The number of hydrogen-bond acceptors (Lipinski definition) is 5. The standard InChI is InChI=1S/C15H18N6/c1-3-16-13-10-21-8-7-18-15(21)14(20-13)19-9-12-11(2)5-4-6-17-12/h4-8,10,16H,3,9H2,1-2H3,(H,19,20). The van der Waals surface area contributed by atoms with Crippen molar-refractivity contribution in [3.63, 3.8) is 0 Å². The minimum Gasteiger partial charge on any atom is -0.369 e. The van der Waals surface area contributed by atoms with Gasteiger partial charge in [0.1, 0.15) is 5.82 Å². The maximum atomic E-state index is 4.57. The first-order valence-corrected chi connectivity index (χ1v) is 7.00. The van der Waals surface area contributed by atoms with Crippen molar-refractivity contribution in [1.82, 2.24) is 19.4 Å². The van der Waals surface area contributed by atoms with Crippen LogP contribution in [0.4, 0.5) is 11.6 Å². The van der Waals surface area contributed by atoms with E-state index in [0.717, 1.165) is 35.1 Å². The number of hydrogen-bond donors (Lipinski definition) is 2. The van der Waals surface area contributed by atoms with Crippen molar-refractivity contribution in [2.45, 2.75) is 20.4 Å². The number of aryl methyl sites for hydroxylation is 1. The number of rotatable bonds is 5. The summed E-state index contributed by atoms with van der Waals surface area (Å²) < 4.78 is 1.96. The van der Waals surface area contributed by atoms with Gasteiger partial charge >= 0.3 is 0 Å². The molecule has 0 amide bonds. The van der Waals surface area contributed by atoms with Gasteiger partial charge in [0, 0.05) is 25.1 Å². The third-order valence-corrected chi connectivity index (χ3v) is 3.27. The van der Waals surface area contributed by atoms with Crippen LogP contribution in [-0.4, -0.2) is 25.9 Å². The molecule has 0 atom stereocenters. The van der Waals surface area contributed by atoms with Gasteiger partial charge in [-0.05, 0) is 25.5 Å². The summed E-state index contributed by atoms with van der Waals surface area (Å²) in [6, 6.07) is 3.99. The van der Waals surface area contributed by atoms with Crippen LogP contribution in [0.5, 0.6) is 0 Å². The summed E-state index contributed by atoms with van der Waals surface area (Å²) >= 11 is 0. The van der Waals surface area contributed by atoms with Crippen molar-refractivity contribution >= 4 is 17.3 Å². The molecule has 0 aliphatic carbocycles. The average Bonchev–Trinajstić information content (AvgIpc) is 2.95. The van der Waals surface area contributed by atoms with Crippen molar-refractivity contribution in [2.24, 2.45) is 0 Å². The quantitative estimate of drug-likeness (QED) is 0.752. The fourth-order valence-corrected chi connectivity index (χ4v) is 2.19. The number of fused-ring (bicyclic) bond motifs is 1. The summed E-state index contributed by atoms with van der Waals surface area (Å²) in [5.74, 6) is 1.58. The van der Waals surface area contributed by atoms with E-state index in [1.807, 2.05) is 29.8 Å². The van der Waals surface area contributed by atoms with Crippen molar-refractivity contribution in [2.75, 3.05) is 17.2 Å². The van der Waals surface area contributed by atoms with Gasteiger partial charge in [0.15, 0.2) is 11.5 Å². The minimum absolute atomic E-state index is 0.623. The Labute approximate surface area is 123 Å². The smallest absolute Gasteiger partial charge is 0.180 e. The predicted octanol–water partition coefficient (Wildman–Crippen LogP) is 2.48. The van der Waals surface area contributed by atoms with Gasteiger partial charge in [0.05, 0.1) is 18.4 Å². The van der Waals surface area contributed by atoms with Crippen LogP contribution < -0.4 is 10.6 Å². The molecule has 108 valence electrons. The van der Waals surface area contributed by atoms with Crippen LogP contribution in [0.2, 0.25) is 0 Å². The molecular weight excluding hydrogens is 264 g/mol. The van der Waals surface area contributed by atoms with E-state index in [-0.39, 0.29) is 0 Å². The monoisotopic (exact) mass is 282 g/mol. The fourth-order valence-electron chi connectivity index (χ4n) is 2.19. The van der Waals surface area contributed by atoms with Crippen LogP contribution in [0.1, 0.15) is 18.2 Å². The van der Waals surface area contributed by atoms with Crippen molar-refractivity contribution in [3.05, 3.63) is 48.2 Å². The van der Waals surface area contributed by atoms with E-state index in [1.54, 1.807) is 12.4 Å². The Morgan fingerprint density at radius 2 is 2.10 bits per heavy atom. The van der Waals surface area contributed by atoms with E-state index in [4.69, 9.17) is 0 Å². The second-order valence-electron chi connectivity index (χ2n) is 4.78. The molecule has 0 radical (unpaired) electrons. The molecule has 21 heavy (non-hydrogen) atoms. The highest BCUT2D eigenvalue weighted by Crippen LogP contribution is 2.17. The molecule has 0 spiro atoms. The Morgan fingerprint density at radius 3 is 2.90 bits per heavy atom. The van der Waals surface area contributed by atoms with E-state index < -0.39 is 0 Å². The van der Waals surface area contributed by atoms with Crippen molar-refractivity contribution in [1.29, 1.82) is 0 Å². The van der Waals surface area contributed by atoms with E-state index >= 15 is 0 Å². The second-order valence-corrected chi connectivity index (χ2v) is 4.78. The largest absolute Gasteiger partial charge is 0.369 e. The third kappa shape index (κ3) is 2.79. The summed E-state index contributed by atoms with van der Waals surface area (Å²) in [6.07, 6.45) is 7.42. The zero-order valence-corrected chi connectivity index (χ0v) is 12.2.